The van der Waals surface area contributed by atoms with E-state index in [1.165, 1.54) is 6.92 Å². The summed E-state index contributed by atoms with van der Waals surface area (Å²) in [5, 5.41) is 15.0. The van der Waals surface area contributed by atoms with E-state index < -0.39 is 17.4 Å². The number of carboxylic acids is 1. The van der Waals surface area contributed by atoms with Gasteiger partial charge < -0.3 is 20.5 Å². The molecule has 1 unspecified atom stereocenters. The molecule has 1 saturated heterocycles. The lowest BCUT2D eigenvalue weighted by Gasteiger charge is -2.33. The molecule has 0 aliphatic carbocycles. The molecular weight excluding hydrogens is 324 g/mol. The van der Waals surface area contributed by atoms with Crippen molar-refractivity contribution in [1.82, 2.24) is 10.6 Å². The number of ether oxygens (including phenoxy) is 1. The van der Waals surface area contributed by atoms with Gasteiger partial charge in [-0.2, -0.15) is 0 Å². The second-order valence-electron chi connectivity index (χ2n) is 6.34. The summed E-state index contributed by atoms with van der Waals surface area (Å²) in [5.74, 6) is -1.44. The molecule has 1 aromatic rings. The molecule has 2 rings (SSSR count). The summed E-state index contributed by atoms with van der Waals surface area (Å²) in [6.45, 7) is 2.21. The van der Waals surface area contributed by atoms with Crippen molar-refractivity contribution < 1.29 is 24.2 Å². The number of carbonyl (C=O) groups is 3. The molecule has 0 saturated carbocycles. The van der Waals surface area contributed by atoms with Crippen molar-refractivity contribution in [2.24, 2.45) is 5.41 Å². The number of hydrogen-bond acceptors (Lipinski definition) is 4. The molecule has 1 aliphatic heterocycles. The Labute approximate surface area is 146 Å². The summed E-state index contributed by atoms with van der Waals surface area (Å²) in [6, 6.07) is 8.76. The minimum atomic E-state index is -0.982. The van der Waals surface area contributed by atoms with Crippen LogP contribution >= 0.6 is 0 Å². The number of aliphatic carboxylic acids is 1. The molecule has 1 fully saturated rings. The van der Waals surface area contributed by atoms with E-state index in [4.69, 9.17) is 4.74 Å². The molecule has 7 nitrogen and oxygen atoms in total. The van der Waals surface area contributed by atoms with Crippen LogP contribution < -0.4 is 10.6 Å². The van der Waals surface area contributed by atoms with Gasteiger partial charge in [0.2, 0.25) is 11.8 Å². The molecule has 2 amide bonds. The van der Waals surface area contributed by atoms with Crippen LogP contribution in [0.5, 0.6) is 0 Å². The average molecular weight is 348 g/mol. The zero-order valence-electron chi connectivity index (χ0n) is 14.3. The van der Waals surface area contributed by atoms with Crippen molar-refractivity contribution >= 4 is 17.8 Å². The van der Waals surface area contributed by atoms with Crippen LogP contribution in [0.15, 0.2) is 30.3 Å². The van der Waals surface area contributed by atoms with Crippen LogP contribution in [0.4, 0.5) is 0 Å². The van der Waals surface area contributed by atoms with Crippen molar-refractivity contribution in [3.63, 3.8) is 0 Å². The van der Waals surface area contributed by atoms with Gasteiger partial charge in [-0.15, -0.1) is 0 Å². The smallest absolute Gasteiger partial charge is 0.311 e. The highest BCUT2D eigenvalue weighted by Gasteiger charge is 2.40. The Morgan fingerprint density at radius 1 is 1.20 bits per heavy atom. The maximum absolute atomic E-state index is 12.3. The minimum absolute atomic E-state index is 0.0514. The zero-order chi connectivity index (χ0) is 18.3. The van der Waals surface area contributed by atoms with E-state index in [2.05, 4.69) is 10.6 Å². The maximum atomic E-state index is 12.3. The van der Waals surface area contributed by atoms with Crippen molar-refractivity contribution in [1.29, 1.82) is 0 Å². The fraction of sp³-hybridized carbons (Fsp3) is 0.500. The van der Waals surface area contributed by atoms with Gasteiger partial charge in [0.05, 0.1) is 17.9 Å². The van der Waals surface area contributed by atoms with Gasteiger partial charge in [-0.05, 0) is 18.4 Å². The first-order chi connectivity index (χ1) is 11.9. The molecule has 1 aliphatic rings. The van der Waals surface area contributed by atoms with E-state index in [0.29, 0.717) is 26.1 Å². The lowest BCUT2D eigenvalue weighted by atomic mass is 9.80. The topological polar surface area (TPSA) is 105 Å². The Bertz CT molecular complexity index is 611. The van der Waals surface area contributed by atoms with E-state index in [1.807, 2.05) is 30.3 Å². The molecule has 1 aromatic carbocycles. The van der Waals surface area contributed by atoms with Gasteiger partial charge in [0.25, 0.3) is 0 Å². The first-order valence-corrected chi connectivity index (χ1v) is 8.33. The summed E-state index contributed by atoms with van der Waals surface area (Å²) in [7, 11) is 0. The highest BCUT2D eigenvalue weighted by molar-refractivity contribution is 5.80. The third-order valence-electron chi connectivity index (χ3n) is 4.50. The van der Waals surface area contributed by atoms with Crippen molar-refractivity contribution in [3.8, 4) is 0 Å². The van der Waals surface area contributed by atoms with Crippen LogP contribution in [0.25, 0.3) is 0 Å². The van der Waals surface area contributed by atoms with E-state index in [-0.39, 0.29) is 24.8 Å². The Balaban J connectivity index is 1.98. The summed E-state index contributed by atoms with van der Waals surface area (Å²) in [5.41, 5.74) is -0.156. The van der Waals surface area contributed by atoms with Crippen LogP contribution in [0.3, 0.4) is 0 Å². The van der Waals surface area contributed by atoms with E-state index in [0.717, 1.165) is 5.56 Å². The number of hydrogen-bond donors (Lipinski definition) is 3. The van der Waals surface area contributed by atoms with Crippen LogP contribution in [0.2, 0.25) is 0 Å². The number of benzene rings is 1. The highest BCUT2D eigenvalue weighted by atomic mass is 16.5. The van der Waals surface area contributed by atoms with Crippen molar-refractivity contribution in [3.05, 3.63) is 35.9 Å². The fourth-order valence-corrected chi connectivity index (χ4v) is 2.94. The molecule has 136 valence electrons. The van der Waals surface area contributed by atoms with Crippen LogP contribution in [0.1, 0.15) is 37.8 Å². The summed E-state index contributed by atoms with van der Waals surface area (Å²) < 4.78 is 5.22. The maximum Gasteiger partial charge on any atom is 0.311 e. The lowest BCUT2D eigenvalue weighted by molar-refractivity contribution is -0.154. The van der Waals surface area contributed by atoms with E-state index in [9.17, 15) is 19.5 Å². The molecule has 25 heavy (non-hydrogen) atoms. The lowest BCUT2D eigenvalue weighted by Crippen LogP contribution is -2.47. The molecule has 1 heterocycles. The predicted octanol–water partition coefficient (Wildman–Crippen LogP) is 1.25. The van der Waals surface area contributed by atoms with Gasteiger partial charge in [0, 0.05) is 26.7 Å². The number of amides is 2. The van der Waals surface area contributed by atoms with Crippen LogP contribution in [0, 0.1) is 5.41 Å². The third-order valence-corrected chi connectivity index (χ3v) is 4.50. The normalized spacial score (nSPS) is 17.3. The Kier molecular flexibility index (Phi) is 6.52. The second-order valence-corrected chi connectivity index (χ2v) is 6.34. The van der Waals surface area contributed by atoms with Crippen molar-refractivity contribution in [2.45, 2.75) is 32.2 Å². The molecule has 0 radical (unpaired) electrons. The van der Waals surface area contributed by atoms with Gasteiger partial charge in [0.1, 0.15) is 0 Å². The van der Waals surface area contributed by atoms with Crippen molar-refractivity contribution in [2.75, 3.05) is 19.8 Å². The Morgan fingerprint density at radius 3 is 2.40 bits per heavy atom. The molecule has 0 spiro atoms. The van der Waals surface area contributed by atoms with Gasteiger partial charge in [-0.1, -0.05) is 30.3 Å². The highest BCUT2D eigenvalue weighted by Crippen LogP contribution is 2.30. The predicted molar refractivity (Wildman–Crippen MR) is 90.7 cm³/mol. The number of carboxylic acid groups (broad SMARTS) is 1. The molecule has 0 aromatic heterocycles. The van der Waals surface area contributed by atoms with Crippen LogP contribution in [-0.2, 0) is 19.1 Å². The monoisotopic (exact) mass is 348 g/mol. The first-order valence-electron chi connectivity index (χ1n) is 8.33. The van der Waals surface area contributed by atoms with Gasteiger partial charge >= 0.3 is 5.97 Å². The summed E-state index contributed by atoms with van der Waals surface area (Å²) in [4.78, 5) is 35.4. The largest absolute Gasteiger partial charge is 0.481 e. The quantitative estimate of drug-likeness (QED) is 0.688. The van der Waals surface area contributed by atoms with Gasteiger partial charge in [0.15, 0.2) is 0 Å². The summed E-state index contributed by atoms with van der Waals surface area (Å²) >= 11 is 0. The van der Waals surface area contributed by atoms with E-state index in [1.54, 1.807) is 0 Å². The zero-order valence-corrected chi connectivity index (χ0v) is 14.3. The standard InChI is InChI=1S/C18H24N2O5/c1-13(21)20-15(14-5-3-2-4-6-14)11-16(22)19-12-18(17(23)24)7-9-25-10-8-18/h2-6,15H,7-12H2,1H3,(H,19,22)(H,20,21)(H,23,24). The van der Waals surface area contributed by atoms with Crippen LogP contribution in [-0.4, -0.2) is 42.6 Å². The molecule has 0 bridgehead atoms. The SMILES string of the molecule is CC(=O)NC(CC(=O)NCC1(C(=O)O)CCOCC1)c1ccccc1. The van der Waals surface area contributed by atoms with E-state index >= 15 is 0 Å². The number of carbonyl (C=O) groups excluding carboxylic acids is 2. The third kappa shape index (κ3) is 5.29. The number of nitrogens with one attached hydrogen (secondary N) is 2. The fourth-order valence-electron chi connectivity index (χ4n) is 2.94. The molecule has 7 heteroatoms. The Morgan fingerprint density at radius 2 is 1.84 bits per heavy atom. The Hall–Kier alpha value is -2.41. The molecule has 3 N–H and O–H groups in total. The summed E-state index contributed by atoms with van der Waals surface area (Å²) in [6.07, 6.45) is 0.794. The second kappa shape index (κ2) is 8.62. The number of rotatable bonds is 7. The first kappa shape index (κ1) is 18.9. The average Bonchev–Trinajstić information content (AvgIpc) is 2.60. The minimum Gasteiger partial charge on any atom is -0.481 e. The van der Waals surface area contributed by atoms with Gasteiger partial charge in [-0.3, -0.25) is 14.4 Å². The van der Waals surface area contributed by atoms with Gasteiger partial charge in [-0.25, -0.2) is 0 Å². The molecule has 1 atom stereocenters. The molecular formula is C18H24N2O5.